The SMILES string of the molecule is CN1C2CC(=O)C(C(=O)O)C1CN(C(=O)OC(C)(C)C)C2. The van der Waals surface area contributed by atoms with Gasteiger partial charge in [-0.15, -0.1) is 0 Å². The first-order chi connectivity index (χ1) is 9.60. The van der Waals surface area contributed by atoms with E-state index in [1.54, 1.807) is 20.8 Å². The minimum atomic E-state index is -1.12. The Kier molecular flexibility index (Phi) is 3.97. The molecule has 1 amide bonds. The summed E-state index contributed by atoms with van der Waals surface area (Å²) in [6, 6.07) is -0.630. The second-order valence-corrected chi connectivity index (χ2v) is 6.76. The van der Waals surface area contributed by atoms with Gasteiger partial charge in [0.15, 0.2) is 0 Å². The lowest BCUT2D eigenvalue weighted by Crippen LogP contribution is -2.66. The molecule has 1 N–H and O–H groups in total. The van der Waals surface area contributed by atoms with Crippen LogP contribution in [0.25, 0.3) is 0 Å². The van der Waals surface area contributed by atoms with E-state index in [2.05, 4.69) is 0 Å². The molecule has 0 spiro atoms. The lowest BCUT2D eigenvalue weighted by Gasteiger charge is -2.49. The summed E-state index contributed by atoms with van der Waals surface area (Å²) in [5.41, 5.74) is -0.600. The predicted molar refractivity (Wildman–Crippen MR) is 73.9 cm³/mol. The van der Waals surface area contributed by atoms with Crippen molar-refractivity contribution < 1.29 is 24.2 Å². The third kappa shape index (κ3) is 3.18. The fraction of sp³-hybridized carbons (Fsp3) is 0.786. The number of ether oxygens (including phenoxy) is 1. The monoisotopic (exact) mass is 298 g/mol. The van der Waals surface area contributed by atoms with Crippen LogP contribution in [0, 0.1) is 5.92 Å². The van der Waals surface area contributed by atoms with Gasteiger partial charge in [-0.05, 0) is 27.8 Å². The second kappa shape index (κ2) is 5.29. The molecule has 0 aromatic heterocycles. The van der Waals surface area contributed by atoms with Gasteiger partial charge in [-0.3, -0.25) is 14.5 Å². The number of carboxylic acids is 1. The summed E-state index contributed by atoms with van der Waals surface area (Å²) in [5, 5.41) is 9.27. The molecule has 21 heavy (non-hydrogen) atoms. The van der Waals surface area contributed by atoms with Crippen molar-refractivity contribution >= 4 is 17.8 Å². The number of amides is 1. The first kappa shape index (κ1) is 15.8. The molecule has 2 aliphatic heterocycles. The number of rotatable bonds is 1. The Hall–Kier alpha value is -1.63. The molecule has 2 rings (SSSR count). The van der Waals surface area contributed by atoms with E-state index in [9.17, 15) is 19.5 Å². The van der Waals surface area contributed by atoms with Crippen LogP contribution in [0.15, 0.2) is 0 Å². The van der Waals surface area contributed by atoms with E-state index in [1.807, 2.05) is 11.9 Å². The maximum atomic E-state index is 12.2. The highest BCUT2D eigenvalue weighted by Gasteiger charge is 2.49. The van der Waals surface area contributed by atoms with Crippen molar-refractivity contribution in [1.29, 1.82) is 0 Å². The fourth-order valence-corrected chi connectivity index (χ4v) is 2.98. The van der Waals surface area contributed by atoms with Gasteiger partial charge in [-0.2, -0.15) is 0 Å². The van der Waals surface area contributed by atoms with Gasteiger partial charge in [0.2, 0.25) is 0 Å². The largest absolute Gasteiger partial charge is 0.481 e. The molecule has 2 heterocycles. The van der Waals surface area contributed by atoms with Crippen LogP contribution in [0.4, 0.5) is 4.79 Å². The Morgan fingerprint density at radius 3 is 2.43 bits per heavy atom. The first-order valence-corrected chi connectivity index (χ1v) is 7.05. The summed E-state index contributed by atoms with van der Waals surface area (Å²) >= 11 is 0. The highest BCUT2D eigenvalue weighted by Crippen LogP contribution is 2.30. The molecule has 7 nitrogen and oxygen atoms in total. The number of ketones is 1. The van der Waals surface area contributed by atoms with E-state index in [0.29, 0.717) is 6.54 Å². The van der Waals surface area contributed by atoms with Gasteiger partial charge in [0.05, 0.1) is 0 Å². The van der Waals surface area contributed by atoms with Crippen LogP contribution in [0.2, 0.25) is 0 Å². The van der Waals surface area contributed by atoms with Crippen molar-refractivity contribution in [2.24, 2.45) is 5.92 Å². The lowest BCUT2D eigenvalue weighted by atomic mass is 9.82. The zero-order valence-corrected chi connectivity index (χ0v) is 12.8. The Bertz CT molecular complexity index is 470. The zero-order valence-electron chi connectivity index (χ0n) is 12.8. The summed E-state index contributed by atoms with van der Waals surface area (Å²) in [7, 11) is 1.81. The minimum Gasteiger partial charge on any atom is -0.481 e. The number of carbonyl (C=O) groups excluding carboxylic acids is 2. The number of carbonyl (C=O) groups is 3. The van der Waals surface area contributed by atoms with Gasteiger partial charge in [-0.25, -0.2) is 4.79 Å². The number of likely N-dealkylation sites (tertiary alicyclic amines) is 1. The predicted octanol–water partition coefficient (Wildman–Crippen LogP) is 0.580. The molecule has 2 fully saturated rings. The number of aliphatic carboxylic acids is 1. The van der Waals surface area contributed by atoms with Gasteiger partial charge in [0, 0.05) is 31.6 Å². The van der Waals surface area contributed by atoms with Gasteiger partial charge in [-0.1, -0.05) is 0 Å². The minimum absolute atomic E-state index is 0.139. The molecule has 2 saturated heterocycles. The topological polar surface area (TPSA) is 87.2 Å². The number of fused-ring (bicyclic) bond motifs is 2. The number of piperazine rings is 1. The summed E-state index contributed by atoms with van der Waals surface area (Å²) in [5.74, 6) is -2.45. The van der Waals surface area contributed by atoms with Crippen molar-refractivity contribution in [3.8, 4) is 0 Å². The maximum Gasteiger partial charge on any atom is 0.410 e. The Morgan fingerprint density at radius 1 is 1.29 bits per heavy atom. The standard InChI is InChI=1S/C14H22N2O5/c1-14(2,3)21-13(20)16-6-8-5-10(17)11(12(18)19)9(7-16)15(8)4/h8-9,11H,5-7H2,1-4H3,(H,18,19). The Labute approximate surface area is 123 Å². The van der Waals surface area contributed by atoms with Crippen molar-refractivity contribution in [2.75, 3.05) is 20.1 Å². The van der Waals surface area contributed by atoms with Crippen LogP contribution in [0.1, 0.15) is 27.2 Å². The molecule has 2 aliphatic rings. The summed E-state index contributed by atoms with van der Waals surface area (Å²) in [4.78, 5) is 38.9. The van der Waals surface area contributed by atoms with Crippen molar-refractivity contribution in [1.82, 2.24) is 9.80 Å². The average molecular weight is 298 g/mol. The van der Waals surface area contributed by atoms with Gasteiger partial charge >= 0.3 is 12.1 Å². The number of nitrogens with zero attached hydrogens (tertiary/aromatic N) is 2. The average Bonchev–Trinajstić information content (AvgIpc) is 2.28. The molecule has 7 heteroatoms. The molecule has 0 aliphatic carbocycles. The molecular weight excluding hydrogens is 276 g/mol. The molecule has 0 saturated carbocycles. The Balaban J connectivity index is 2.16. The number of hydrogen-bond acceptors (Lipinski definition) is 5. The van der Waals surface area contributed by atoms with Crippen LogP contribution in [-0.2, 0) is 14.3 Å². The number of carboxylic acid groups (broad SMARTS) is 1. The van der Waals surface area contributed by atoms with Crippen molar-refractivity contribution in [3.63, 3.8) is 0 Å². The van der Waals surface area contributed by atoms with Crippen LogP contribution in [0.5, 0.6) is 0 Å². The van der Waals surface area contributed by atoms with Crippen LogP contribution in [-0.4, -0.2) is 70.6 Å². The number of likely N-dealkylation sites (N-methyl/N-ethyl adjacent to an activating group) is 1. The van der Waals surface area contributed by atoms with E-state index in [4.69, 9.17) is 4.74 Å². The zero-order chi connectivity index (χ0) is 15.9. The van der Waals surface area contributed by atoms with Crippen LogP contribution < -0.4 is 0 Å². The second-order valence-electron chi connectivity index (χ2n) is 6.76. The van der Waals surface area contributed by atoms with E-state index in [-0.39, 0.29) is 24.8 Å². The summed E-state index contributed by atoms with van der Waals surface area (Å²) in [6.45, 7) is 5.94. The van der Waals surface area contributed by atoms with E-state index < -0.39 is 29.6 Å². The smallest absolute Gasteiger partial charge is 0.410 e. The normalized spacial score (nSPS) is 30.2. The molecule has 3 unspecified atom stereocenters. The van der Waals surface area contributed by atoms with E-state index >= 15 is 0 Å². The molecule has 0 radical (unpaired) electrons. The van der Waals surface area contributed by atoms with E-state index in [1.165, 1.54) is 4.90 Å². The van der Waals surface area contributed by atoms with Crippen LogP contribution >= 0.6 is 0 Å². The van der Waals surface area contributed by atoms with Gasteiger partial charge in [0.1, 0.15) is 17.3 Å². The van der Waals surface area contributed by atoms with Crippen molar-refractivity contribution in [2.45, 2.75) is 44.9 Å². The third-order valence-electron chi connectivity index (χ3n) is 4.02. The fourth-order valence-electron chi connectivity index (χ4n) is 2.98. The summed E-state index contributed by atoms with van der Waals surface area (Å²) < 4.78 is 5.34. The number of Topliss-reactive ketones (excluding diaryl/α,β-unsaturated/α-hetero) is 1. The highest BCUT2D eigenvalue weighted by atomic mass is 16.6. The summed E-state index contributed by atoms with van der Waals surface area (Å²) in [6.07, 6.45) is -0.299. The molecule has 0 aromatic carbocycles. The number of piperidine rings is 1. The highest BCUT2D eigenvalue weighted by molar-refractivity contribution is 6.00. The molecule has 118 valence electrons. The van der Waals surface area contributed by atoms with Crippen molar-refractivity contribution in [3.05, 3.63) is 0 Å². The molecule has 3 atom stereocenters. The first-order valence-electron chi connectivity index (χ1n) is 7.05. The third-order valence-corrected chi connectivity index (χ3v) is 4.02. The van der Waals surface area contributed by atoms with Crippen LogP contribution in [0.3, 0.4) is 0 Å². The Morgan fingerprint density at radius 2 is 1.90 bits per heavy atom. The lowest BCUT2D eigenvalue weighted by molar-refractivity contribution is -0.156. The van der Waals surface area contributed by atoms with Gasteiger partial charge in [0.25, 0.3) is 0 Å². The van der Waals surface area contributed by atoms with Gasteiger partial charge < -0.3 is 14.7 Å². The molecule has 2 bridgehead atoms. The molecule has 0 aromatic rings. The molecular formula is C14H22N2O5. The quantitative estimate of drug-likeness (QED) is 0.713. The maximum absolute atomic E-state index is 12.2. The number of hydrogen-bond donors (Lipinski definition) is 1. The van der Waals surface area contributed by atoms with E-state index in [0.717, 1.165) is 0 Å².